The van der Waals surface area contributed by atoms with E-state index in [2.05, 4.69) is 13.0 Å². The van der Waals surface area contributed by atoms with Gasteiger partial charge in [-0.15, -0.1) is 11.3 Å². The molecule has 0 spiro atoms. The number of aryl methyl sites for hydroxylation is 1. The third-order valence-corrected chi connectivity index (χ3v) is 6.67. The predicted molar refractivity (Wildman–Crippen MR) is 116 cm³/mol. The minimum atomic E-state index is -3.28. The molecule has 2 aromatic heterocycles. The van der Waals surface area contributed by atoms with Gasteiger partial charge in [0, 0.05) is 11.8 Å². The normalized spacial score (nSPS) is 11.2. The van der Waals surface area contributed by atoms with E-state index in [1.54, 1.807) is 41.7 Å². The third-order valence-electron chi connectivity index (χ3n) is 4.52. The smallest absolute Gasteiger partial charge is 0.232 e. The number of unbranched alkanes of at least 4 members (excludes halogenated alkanes) is 1. The molecule has 0 radical (unpaired) electrons. The van der Waals surface area contributed by atoms with Crippen LogP contribution < -0.4 is 4.74 Å². The number of hydrogen-bond acceptors (Lipinski definition) is 6. The van der Waals surface area contributed by atoms with E-state index in [0.717, 1.165) is 40.1 Å². The standard InChI is InChI=1S/C22H22N2O3S2/c1-4-5-11-27-22-17(14-23)13-19(20(24-22)21-15(2)10-12-28-21)16-6-8-18(9-7-16)29(3,25)26/h6-10,12-13H,4-5,11H2,1-3H3. The molecule has 29 heavy (non-hydrogen) atoms. The van der Waals surface area contributed by atoms with Gasteiger partial charge >= 0.3 is 0 Å². The van der Waals surface area contributed by atoms with Crippen LogP contribution in [0.1, 0.15) is 30.9 Å². The lowest BCUT2D eigenvalue weighted by Gasteiger charge is -2.14. The van der Waals surface area contributed by atoms with E-state index in [-0.39, 0.29) is 4.90 Å². The van der Waals surface area contributed by atoms with Crippen LogP contribution in [0.15, 0.2) is 46.7 Å². The molecule has 0 saturated heterocycles. The average molecular weight is 427 g/mol. The van der Waals surface area contributed by atoms with Crippen LogP contribution in [0.2, 0.25) is 0 Å². The lowest BCUT2D eigenvalue weighted by atomic mass is 10.00. The van der Waals surface area contributed by atoms with Gasteiger partial charge in [-0.2, -0.15) is 5.26 Å². The van der Waals surface area contributed by atoms with E-state index in [0.29, 0.717) is 18.1 Å². The van der Waals surface area contributed by atoms with Crippen LogP contribution in [0.4, 0.5) is 0 Å². The highest BCUT2D eigenvalue weighted by Gasteiger charge is 2.19. The summed E-state index contributed by atoms with van der Waals surface area (Å²) in [6, 6.07) is 12.6. The number of nitrogens with zero attached hydrogens (tertiary/aromatic N) is 2. The summed E-state index contributed by atoms with van der Waals surface area (Å²) >= 11 is 1.57. The second-order valence-electron chi connectivity index (χ2n) is 6.78. The van der Waals surface area contributed by atoms with Crippen molar-refractivity contribution in [3.05, 3.63) is 52.9 Å². The number of sulfone groups is 1. The Bertz CT molecular complexity index is 1160. The van der Waals surface area contributed by atoms with Gasteiger partial charge in [0.1, 0.15) is 11.6 Å². The predicted octanol–water partition coefficient (Wildman–Crippen LogP) is 5.24. The van der Waals surface area contributed by atoms with E-state index in [9.17, 15) is 13.7 Å². The van der Waals surface area contributed by atoms with Crippen LogP contribution in [0.25, 0.3) is 21.7 Å². The molecule has 7 heteroatoms. The zero-order chi connectivity index (χ0) is 21.0. The maximum Gasteiger partial charge on any atom is 0.232 e. The van der Waals surface area contributed by atoms with Crippen molar-refractivity contribution < 1.29 is 13.2 Å². The van der Waals surface area contributed by atoms with Gasteiger partial charge in [-0.05, 0) is 54.1 Å². The molecule has 0 saturated carbocycles. The fraction of sp³-hybridized carbons (Fsp3) is 0.273. The van der Waals surface area contributed by atoms with Crippen LogP contribution in [0.3, 0.4) is 0 Å². The second kappa shape index (κ2) is 8.76. The van der Waals surface area contributed by atoms with Crippen LogP contribution in [0, 0.1) is 18.3 Å². The third kappa shape index (κ3) is 4.66. The molecule has 0 N–H and O–H groups in total. The van der Waals surface area contributed by atoms with Gasteiger partial charge < -0.3 is 4.74 Å². The molecule has 1 aromatic carbocycles. The summed E-state index contributed by atoms with van der Waals surface area (Å²) in [7, 11) is -3.28. The second-order valence-corrected chi connectivity index (χ2v) is 9.71. The van der Waals surface area contributed by atoms with E-state index >= 15 is 0 Å². The maximum absolute atomic E-state index is 11.8. The molecule has 2 heterocycles. The first-order valence-electron chi connectivity index (χ1n) is 9.28. The Kier molecular flexibility index (Phi) is 6.36. The highest BCUT2D eigenvalue weighted by Crippen LogP contribution is 2.38. The summed E-state index contributed by atoms with van der Waals surface area (Å²) in [5, 5.41) is 11.6. The fourth-order valence-corrected chi connectivity index (χ4v) is 4.45. The van der Waals surface area contributed by atoms with Crippen molar-refractivity contribution >= 4 is 21.2 Å². The van der Waals surface area contributed by atoms with E-state index in [1.165, 1.54) is 6.26 Å². The summed E-state index contributed by atoms with van der Waals surface area (Å²) in [5.74, 6) is 0.334. The van der Waals surface area contributed by atoms with Gasteiger partial charge in [0.25, 0.3) is 0 Å². The molecule has 3 aromatic rings. The number of hydrogen-bond donors (Lipinski definition) is 0. The molecule has 0 amide bonds. The highest BCUT2D eigenvalue weighted by molar-refractivity contribution is 7.90. The largest absolute Gasteiger partial charge is 0.477 e. The molecule has 0 bridgehead atoms. The fourth-order valence-electron chi connectivity index (χ4n) is 2.89. The van der Waals surface area contributed by atoms with E-state index < -0.39 is 9.84 Å². The summed E-state index contributed by atoms with van der Waals surface area (Å²) in [6.07, 6.45) is 3.05. The van der Waals surface area contributed by atoms with Gasteiger partial charge in [0.15, 0.2) is 9.84 Å². The summed E-state index contributed by atoms with van der Waals surface area (Å²) < 4.78 is 29.4. The number of benzene rings is 1. The Labute approximate surface area is 175 Å². The van der Waals surface area contributed by atoms with E-state index in [4.69, 9.17) is 9.72 Å². The minimum absolute atomic E-state index is 0.253. The maximum atomic E-state index is 11.8. The summed E-state index contributed by atoms with van der Waals surface area (Å²) in [6.45, 7) is 4.59. The zero-order valence-corrected chi connectivity index (χ0v) is 18.2. The highest BCUT2D eigenvalue weighted by atomic mass is 32.2. The lowest BCUT2D eigenvalue weighted by Crippen LogP contribution is -2.03. The number of rotatable bonds is 7. The first kappa shape index (κ1) is 21.0. The number of nitriles is 1. The van der Waals surface area contributed by atoms with Crippen LogP contribution in [-0.2, 0) is 9.84 Å². The molecule has 0 unspecified atom stereocenters. The monoisotopic (exact) mass is 426 g/mol. The number of ether oxygens (including phenoxy) is 1. The Morgan fingerprint density at radius 1 is 1.21 bits per heavy atom. The number of thiophene rings is 1. The van der Waals surface area contributed by atoms with Crippen LogP contribution >= 0.6 is 11.3 Å². The number of pyridine rings is 1. The van der Waals surface area contributed by atoms with Crippen molar-refractivity contribution in [1.82, 2.24) is 4.98 Å². The van der Waals surface area contributed by atoms with Gasteiger partial charge in [-0.25, -0.2) is 13.4 Å². The van der Waals surface area contributed by atoms with Gasteiger partial charge in [0.05, 0.1) is 22.1 Å². The van der Waals surface area contributed by atoms with Gasteiger partial charge in [-0.1, -0.05) is 25.5 Å². The summed E-state index contributed by atoms with van der Waals surface area (Å²) in [5.41, 5.74) is 3.75. The minimum Gasteiger partial charge on any atom is -0.477 e. The molecular formula is C22H22N2O3S2. The Morgan fingerprint density at radius 3 is 2.48 bits per heavy atom. The molecule has 150 valence electrons. The number of aromatic nitrogens is 1. The topological polar surface area (TPSA) is 80.0 Å². The van der Waals surface area contributed by atoms with Gasteiger partial charge in [0.2, 0.25) is 5.88 Å². The molecular weight excluding hydrogens is 404 g/mol. The molecule has 0 aliphatic rings. The van der Waals surface area contributed by atoms with E-state index in [1.807, 2.05) is 18.4 Å². The first-order chi connectivity index (χ1) is 13.8. The molecule has 0 fully saturated rings. The van der Waals surface area contributed by atoms with Crippen LogP contribution in [0.5, 0.6) is 5.88 Å². The van der Waals surface area contributed by atoms with Gasteiger partial charge in [-0.3, -0.25) is 0 Å². The molecule has 0 aliphatic heterocycles. The SMILES string of the molecule is CCCCOc1nc(-c2sccc2C)c(-c2ccc(S(C)(=O)=O)cc2)cc1C#N. The van der Waals surface area contributed by atoms with Crippen molar-refractivity contribution in [1.29, 1.82) is 5.26 Å². The molecule has 5 nitrogen and oxygen atoms in total. The van der Waals surface area contributed by atoms with Crippen molar-refractivity contribution in [3.8, 4) is 33.6 Å². The lowest BCUT2D eigenvalue weighted by molar-refractivity contribution is 0.297. The summed E-state index contributed by atoms with van der Waals surface area (Å²) in [4.78, 5) is 5.96. The average Bonchev–Trinajstić information content (AvgIpc) is 3.13. The van der Waals surface area contributed by atoms with Crippen molar-refractivity contribution in [2.24, 2.45) is 0 Å². The Hall–Kier alpha value is -2.69. The molecule has 0 aliphatic carbocycles. The molecule has 3 rings (SSSR count). The van der Waals surface area contributed by atoms with Crippen molar-refractivity contribution in [2.45, 2.75) is 31.6 Å². The van der Waals surface area contributed by atoms with Crippen molar-refractivity contribution in [3.63, 3.8) is 0 Å². The zero-order valence-electron chi connectivity index (χ0n) is 16.6. The molecule has 0 atom stereocenters. The van der Waals surface area contributed by atoms with Crippen molar-refractivity contribution in [2.75, 3.05) is 12.9 Å². The Morgan fingerprint density at radius 2 is 1.93 bits per heavy atom. The Balaban J connectivity index is 2.17. The van der Waals surface area contributed by atoms with Crippen LogP contribution in [-0.4, -0.2) is 26.3 Å². The first-order valence-corrected chi connectivity index (χ1v) is 12.0. The quantitative estimate of drug-likeness (QED) is 0.483.